The molecule has 1 heterocycles. The van der Waals surface area contributed by atoms with Crippen molar-refractivity contribution in [1.82, 2.24) is 4.90 Å². The van der Waals surface area contributed by atoms with Crippen molar-refractivity contribution < 1.29 is 14.6 Å². The molecule has 2 aliphatic rings. The molecule has 0 radical (unpaired) electrons. The summed E-state index contributed by atoms with van der Waals surface area (Å²) in [5.41, 5.74) is 0. The first-order valence-electron chi connectivity index (χ1n) is 5.26. The lowest BCUT2D eigenvalue weighted by Gasteiger charge is -2.33. The Morgan fingerprint density at radius 3 is 2.93 bits per heavy atom. The van der Waals surface area contributed by atoms with Crippen LogP contribution in [0.25, 0.3) is 0 Å². The first-order chi connectivity index (χ1) is 6.74. The van der Waals surface area contributed by atoms with E-state index in [4.69, 9.17) is 4.74 Å². The van der Waals surface area contributed by atoms with Crippen LogP contribution < -0.4 is 0 Å². The largest absolute Gasteiger partial charge is 0.453 e. The molecule has 80 valence electrons. The van der Waals surface area contributed by atoms with Gasteiger partial charge in [-0.3, -0.25) is 0 Å². The molecule has 1 saturated heterocycles. The van der Waals surface area contributed by atoms with E-state index in [9.17, 15) is 9.90 Å². The Balaban J connectivity index is 2.07. The molecule has 1 saturated carbocycles. The molecule has 0 aromatic carbocycles. The third kappa shape index (κ3) is 1.47. The Hall–Kier alpha value is -0.770. The topological polar surface area (TPSA) is 49.8 Å². The molecule has 0 bridgehead atoms. The molecule has 1 aliphatic carbocycles. The van der Waals surface area contributed by atoms with E-state index >= 15 is 0 Å². The fraction of sp³-hybridized carbons (Fsp3) is 0.900. The van der Waals surface area contributed by atoms with E-state index in [0.717, 1.165) is 32.2 Å². The van der Waals surface area contributed by atoms with Gasteiger partial charge in [-0.15, -0.1) is 0 Å². The number of carbonyl (C=O) groups is 1. The summed E-state index contributed by atoms with van der Waals surface area (Å²) in [6, 6.07) is 0.214. The number of fused-ring (bicyclic) bond motifs is 1. The standard InChI is InChI=1S/C10H17NO3/c1-14-10(13)11-6-5-7-8(11)3-2-4-9(7)12/h7-9,12H,2-6H2,1H3/t7-,8-,9-/m0/s1. The minimum absolute atomic E-state index is 0.214. The highest BCUT2D eigenvalue weighted by atomic mass is 16.5. The zero-order chi connectivity index (χ0) is 10.1. The minimum Gasteiger partial charge on any atom is -0.453 e. The second-order valence-corrected chi connectivity index (χ2v) is 4.18. The SMILES string of the molecule is COC(=O)N1CC[C@@H]2[C@@H](O)CCC[C@@H]21. The number of aliphatic hydroxyl groups is 1. The predicted octanol–water partition coefficient (Wildman–Crippen LogP) is 0.988. The maximum absolute atomic E-state index is 11.4. The number of methoxy groups -OCH3 is 1. The van der Waals surface area contributed by atoms with Gasteiger partial charge in [0.2, 0.25) is 0 Å². The van der Waals surface area contributed by atoms with Gasteiger partial charge in [0, 0.05) is 18.5 Å². The summed E-state index contributed by atoms with van der Waals surface area (Å²) in [7, 11) is 1.41. The van der Waals surface area contributed by atoms with Crippen LogP contribution in [0, 0.1) is 5.92 Å². The number of aliphatic hydroxyl groups excluding tert-OH is 1. The summed E-state index contributed by atoms with van der Waals surface area (Å²) in [6.45, 7) is 0.735. The number of ether oxygens (including phenoxy) is 1. The van der Waals surface area contributed by atoms with Gasteiger partial charge in [0.05, 0.1) is 13.2 Å². The lowest BCUT2D eigenvalue weighted by molar-refractivity contribution is 0.0394. The van der Waals surface area contributed by atoms with Crippen LogP contribution in [0.4, 0.5) is 4.79 Å². The maximum atomic E-state index is 11.4. The molecule has 1 aliphatic heterocycles. The van der Waals surface area contributed by atoms with Gasteiger partial charge in [-0.05, 0) is 25.7 Å². The molecule has 1 N–H and O–H groups in total. The highest BCUT2D eigenvalue weighted by Gasteiger charge is 2.42. The Kier molecular flexibility index (Phi) is 2.63. The van der Waals surface area contributed by atoms with Crippen molar-refractivity contribution in [2.24, 2.45) is 5.92 Å². The zero-order valence-corrected chi connectivity index (χ0v) is 8.48. The second-order valence-electron chi connectivity index (χ2n) is 4.18. The number of carbonyl (C=O) groups excluding carboxylic acids is 1. The van der Waals surface area contributed by atoms with E-state index in [0.29, 0.717) is 0 Å². The first-order valence-corrected chi connectivity index (χ1v) is 5.26. The van der Waals surface area contributed by atoms with Gasteiger partial charge in [-0.1, -0.05) is 0 Å². The molecule has 4 nitrogen and oxygen atoms in total. The summed E-state index contributed by atoms with van der Waals surface area (Å²) in [5, 5.41) is 9.77. The van der Waals surface area contributed by atoms with Crippen LogP contribution in [0.5, 0.6) is 0 Å². The average molecular weight is 199 g/mol. The molecule has 0 spiro atoms. The van der Waals surface area contributed by atoms with Crippen molar-refractivity contribution in [2.45, 2.75) is 37.8 Å². The van der Waals surface area contributed by atoms with E-state index in [2.05, 4.69) is 0 Å². The monoisotopic (exact) mass is 199 g/mol. The molecule has 0 aromatic heterocycles. The molecule has 3 atom stereocenters. The summed E-state index contributed by atoms with van der Waals surface area (Å²) < 4.78 is 4.72. The Bertz CT molecular complexity index is 231. The number of amides is 1. The maximum Gasteiger partial charge on any atom is 0.409 e. The van der Waals surface area contributed by atoms with Crippen LogP contribution in [0.1, 0.15) is 25.7 Å². The second kappa shape index (κ2) is 3.77. The lowest BCUT2D eigenvalue weighted by atomic mass is 9.83. The van der Waals surface area contributed by atoms with Gasteiger partial charge in [0.1, 0.15) is 0 Å². The van der Waals surface area contributed by atoms with Crippen molar-refractivity contribution in [3.8, 4) is 0 Å². The van der Waals surface area contributed by atoms with Crippen LogP contribution in [-0.2, 0) is 4.74 Å². The first kappa shape index (κ1) is 9.77. The van der Waals surface area contributed by atoms with Gasteiger partial charge >= 0.3 is 6.09 Å². The molecular weight excluding hydrogens is 182 g/mol. The van der Waals surface area contributed by atoms with Crippen LogP contribution in [0.3, 0.4) is 0 Å². The van der Waals surface area contributed by atoms with Crippen molar-refractivity contribution in [3.05, 3.63) is 0 Å². The molecule has 2 rings (SSSR count). The van der Waals surface area contributed by atoms with E-state index in [-0.39, 0.29) is 24.2 Å². The quantitative estimate of drug-likeness (QED) is 0.633. The molecule has 0 aromatic rings. The van der Waals surface area contributed by atoms with Gasteiger partial charge in [-0.2, -0.15) is 0 Å². The highest BCUT2D eigenvalue weighted by molar-refractivity contribution is 5.68. The molecule has 14 heavy (non-hydrogen) atoms. The number of rotatable bonds is 0. The van der Waals surface area contributed by atoms with Crippen LogP contribution in [0.15, 0.2) is 0 Å². The number of likely N-dealkylation sites (tertiary alicyclic amines) is 1. The summed E-state index contributed by atoms with van der Waals surface area (Å²) in [5.74, 6) is 0.280. The van der Waals surface area contributed by atoms with Gasteiger partial charge < -0.3 is 14.7 Å². The molecule has 1 amide bonds. The summed E-state index contributed by atoms with van der Waals surface area (Å²) in [4.78, 5) is 13.2. The zero-order valence-electron chi connectivity index (χ0n) is 8.48. The highest BCUT2D eigenvalue weighted by Crippen LogP contribution is 2.36. The third-order valence-corrected chi connectivity index (χ3v) is 3.50. The molecule has 0 unspecified atom stereocenters. The molecular formula is C10H17NO3. The van der Waals surface area contributed by atoms with E-state index in [1.807, 2.05) is 0 Å². The van der Waals surface area contributed by atoms with Crippen molar-refractivity contribution in [2.75, 3.05) is 13.7 Å². The Morgan fingerprint density at radius 1 is 1.43 bits per heavy atom. The Labute approximate surface area is 83.8 Å². The number of nitrogens with zero attached hydrogens (tertiary/aromatic N) is 1. The van der Waals surface area contributed by atoms with Crippen LogP contribution >= 0.6 is 0 Å². The molecule has 2 fully saturated rings. The van der Waals surface area contributed by atoms with Crippen LogP contribution in [0.2, 0.25) is 0 Å². The van der Waals surface area contributed by atoms with Gasteiger partial charge in [0.15, 0.2) is 0 Å². The van der Waals surface area contributed by atoms with E-state index in [1.54, 1.807) is 4.90 Å². The van der Waals surface area contributed by atoms with E-state index < -0.39 is 0 Å². The third-order valence-electron chi connectivity index (χ3n) is 3.50. The van der Waals surface area contributed by atoms with Gasteiger partial charge in [0.25, 0.3) is 0 Å². The number of hydrogen-bond donors (Lipinski definition) is 1. The van der Waals surface area contributed by atoms with Crippen molar-refractivity contribution >= 4 is 6.09 Å². The van der Waals surface area contributed by atoms with Crippen molar-refractivity contribution in [3.63, 3.8) is 0 Å². The Morgan fingerprint density at radius 2 is 2.21 bits per heavy atom. The molecule has 4 heteroatoms. The lowest BCUT2D eigenvalue weighted by Crippen LogP contribution is -2.43. The predicted molar refractivity (Wildman–Crippen MR) is 50.9 cm³/mol. The average Bonchev–Trinajstić information content (AvgIpc) is 2.62. The smallest absolute Gasteiger partial charge is 0.409 e. The fourth-order valence-corrected chi connectivity index (χ4v) is 2.79. The van der Waals surface area contributed by atoms with Crippen molar-refractivity contribution in [1.29, 1.82) is 0 Å². The summed E-state index contributed by atoms with van der Waals surface area (Å²) in [6.07, 6.45) is 3.36. The van der Waals surface area contributed by atoms with E-state index in [1.165, 1.54) is 7.11 Å². The summed E-state index contributed by atoms with van der Waals surface area (Å²) >= 11 is 0. The fourth-order valence-electron chi connectivity index (χ4n) is 2.79. The van der Waals surface area contributed by atoms with Gasteiger partial charge in [-0.25, -0.2) is 4.79 Å². The minimum atomic E-state index is -0.244. The number of hydrogen-bond acceptors (Lipinski definition) is 3. The van der Waals surface area contributed by atoms with Crippen LogP contribution in [-0.4, -0.2) is 41.9 Å². The normalized spacial score (nSPS) is 36.7.